The van der Waals surface area contributed by atoms with Gasteiger partial charge in [-0.2, -0.15) is 5.26 Å². The number of hydrogen-bond donors (Lipinski definition) is 1. The second-order valence-corrected chi connectivity index (χ2v) is 4.64. The Bertz CT molecular complexity index is 832. The number of halogens is 1. The maximum Gasteiger partial charge on any atom is 0.143 e. The third-order valence-corrected chi connectivity index (χ3v) is 3.37. The number of rotatable bonds is 3. The zero-order valence-electron chi connectivity index (χ0n) is 11.2. The van der Waals surface area contributed by atoms with E-state index in [0.29, 0.717) is 12.2 Å². The summed E-state index contributed by atoms with van der Waals surface area (Å²) < 4.78 is 13.6. The quantitative estimate of drug-likeness (QED) is 0.791. The van der Waals surface area contributed by atoms with Gasteiger partial charge in [0.15, 0.2) is 0 Å². The second kappa shape index (κ2) is 5.59. The zero-order valence-corrected chi connectivity index (χ0v) is 11.2. The topological polar surface area (TPSA) is 48.7 Å². The van der Waals surface area contributed by atoms with Crippen LogP contribution in [0.2, 0.25) is 0 Å². The van der Waals surface area contributed by atoms with Gasteiger partial charge in [0.2, 0.25) is 0 Å². The molecule has 1 heterocycles. The minimum absolute atomic E-state index is 0.0411. The molecule has 0 amide bonds. The van der Waals surface area contributed by atoms with Crippen molar-refractivity contribution in [3.63, 3.8) is 0 Å². The molecule has 0 radical (unpaired) electrons. The lowest BCUT2D eigenvalue weighted by atomic mass is 10.1. The monoisotopic (exact) mass is 277 g/mol. The number of anilines is 1. The van der Waals surface area contributed by atoms with Crippen LogP contribution in [0.5, 0.6) is 0 Å². The van der Waals surface area contributed by atoms with E-state index in [1.54, 1.807) is 18.3 Å². The molecular weight excluding hydrogens is 265 g/mol. The van der Waals surface area contributed by atoms with Crippen LogP contribution in [0.3, 0.4) is 0 Å². The van der Waals surface area contributed by atoms with Gasteiger partial charge in [0.1, 0.15) is 17.4 Å². The summed E-state index contributed by atoms with van der Waals surface area (Å²) in [5.74, 6) is -0.510. The van der Waals surface area contributed by atoms with Crippen LogP contribution in [0.1, 0.15) is 11.1 Å². The summed E-state index contributed by atoms with van der Waals surface area (Å²) in [7, 11) is 0. The van der Waals surface area contributed by atoms with Gasteiger partial charge in [0.05, 0.1) is 5.69 Å². The van der Waals surface area contributed by atoms with Gasteiger partial charge >= 0.3 is 0 Å². The van der Waals surface area contributed by atoms with E-state index in [1.165, 1.54) is 6.07 Å². The Morgan fingerprint density at radius 1 is 1.14 bits per heavy atom. The minimum atomic E-state index is -0.510. The van der Waals surface area contributed by atoms with Crippen LogP contribution < -0.4 is 5.32 Å². The average Bonchev–Trinajstić information content (AvgIpc) is 2.53. The summed E-state index contributed by atoms with van der Waals surface area (Å²) in [6.45, 7) is 0.513. The SMILES string of the molecule is N#Cc1c(F)cccc1NCc1cccc2cnccc12. The van der Waals surface area contributed by atoms with E-state index in [9.17, 15) is 4.39 Å². The highest BCUT2D eigenvalue weighted by Crippen LogP contribution is 2.21. The van der Waals surface area contributed by atoms with Crippen molar-refractivity contribution >= 4 is 16.5 Å². The second-order valence-electron chi connectivity index (χ2n) is 4.64. The summed E-state index contributed by atoms with van der Waals surface area (Å²) in [5.41, 5.74) is 1.62. The number of pyridine rings is 1. The third kappa shape index (κ3) is 2.54. The van der Waals surface area contributed by atoms with Gasteiger partial charge in [0.25, 0.3) is 0 Å². The zero-order chi connectivity index (χ0) is 14.7. The van der Waals surface area contributed by atoms with E-state index >= 15 is 0 Å². The van der Waals surface area contributed by atoms with E-state index in [0.717, 1.165) is 16.3 Å². The Kier molecular flexibility index (Phi) is 3.48. The first kappa shape index (κ1) is 13.1. The Morgan fingerprint density at radius 2 is 2.00 bits per heavy atom. The fourth-order valence-electron chi connectivity index (χ4n) is 2.32. The van der Waals surface area contributed by atoms with Crippen LogP contribution in [0, 0.1) is 17.1 Å². The summed E-state index contributed by atoms with van der Waals surface area (Å²) in [4.78, 5) is 4.10. The first-order chi connectivity index (χ1) is 10.3. The number of nitriles is 1. The van der Waals surface area contributed by atoms with E-state index in [-0.39, 0.29) is 5.56 Å². The van der Waals surface area contributed by atoms with Gasteiger partial charge in [-0.3, -0.25) is 4.98 Å². The predicted molar refractivity (Wildman–Crippen MR) is 80.2 cm³/mol. The van der Waals surface area contributed by atoms with E-state index in [1.807, 2.05) is 36.5 Å². The van der Waals surface area contributed by atoms with Crippen molar-refractivity contribution in [1.82, 2.24) is 4.98 Å². The standard InChI is InChI=1S/C17H12FN3/c18-16-5-2-6-17(15(16)9-19)21-11-13-4-1-3-12-10-20-8-7-14(12)13/h1-8,10,21H,11H2. The number of fused-ring (bicyclic) bond motifs is 1. The molecule has 4 heteroatoms. The molecular formula is C17H12FN3. The van der Waals surface area contributed by atoms with Gasteiger partial charge in [-0.25, -0.2) is 4.39 Å². The Balaban J connectivity index is 1.91. The molecule has 3 aromatic rings. The molecule has 0 aliphatic rings. The molecule has 0 atom stereocenters. The number of hydrogen-bond acceptors (Lipinski definition) is 3. The molecule has 0 aliphatic heterocycles. The molecule has 1 N–H and O–H groups in total. The molecule has 0 unspecified atom stereocenters. The van der Waals surface area contributed by atoms with Crippen molar-refractivity contribution in [1.29, 1.82) is 5.26 Å². The lowest BCUT2D eigenvalue weighted by molar-refractivity contribution is 0.624. The largest absolute Gasteiger partial charge is 0.380 e. The lowest BCUT2D eigenvalue weighted by Gasteiger charge is -2.10. The van der Waals surface area contributed by atoms with Crippen molar-refractivity contribution in [2.75, 3.05) is 5.32 Å². The molecule has 0 saturated heterocycles. The normalized spacial score (nSPS) is 10.3. The van der Waals surface area contributed by atoms with Crippen LogP contribution in [0.25, 0.3) is 10.8 Å². The van der Waals surface area contributed by atoms with Crippen molar-refractivity contribution in [3.8, 4) is 6.07 Å². The third-order valence-electron chi connectivity index (χ3n) is 3.37. The molecule has 21 heavy (non-hydrogen) atoms. The smallest absolute Gasteiger partial charge is 0.143 e. The van der Waals surface area contributed by atoms with Gasteiger partial charge in [-0.15, -0.1) is 0 Å². The maximum atomic E-state index is 13.6. The first-order valence-electron chi connectivity index (χ1n) is 6.53. The number of nitrogens with one attached hydrogen (secondary N) is 1. The summed E-state index contributed by atoms with van der Waals surface area (Å²) in [5, 5.41) is 14.3. The van der Waals surface area contributed by atoms with Crippen LogP contribution in [-0.4, -0.2) is 4.98 Å². The molecule has 0 bridgehead atoms. The van der Waals surface area contributed by atoms with Gasteiger partial charge in [0, 0.05) is 24.3 Å². The van der Waals surface area contributed by atoms with Crippen LogP contribution in [-0.2, 0) is 6.54 Å². The van der Waals surface area contributed by atoms with Crippen molar-refractivity contribution < 1.29 is 4.39 Å². The lowest BCUT2D eigenvalue weighted by Crippen LogP contribution is -2.03. The maximum absolute atomic E-state index is 13.6. The summed E-state index contributed by atoms with van der Waals surface area (Å²) in [6.07, 6.45) is 3.55. The van der Waals surface area contributed by atoms with Crippen molar-refractivity contribution in [2.45, 2.75) is 6.54 Å². The van der Waals surface area contributed by atoms with E-state index < -0.39 is 5.82 Å². The molecule has 0 spiro atoms. The Hall–Kier alpha value is -2.93. The fourth-order valence-corrected chi connectivity index (χ4v) is 2.32. The molecule has 0 fully saturated rings. The van der Waals surface area contributed by atoms with Crippen LogP contribution in [0.15, 0.2) is 54.9 Å². The van der Waals surface area contributed by atoms with Gasteiger partial charge in [-0.1, -0.05) is 24.3 Å². The van der Waals surface area contributed by atoms with Crippen LogP contribution in [0.4, 0.5) is 10.1 Å². The summed E-state index contributed by atoms with van der Waals surface area (Å²) in [6, 6.07) is 14.4. The molecule has 1 aromatic heterocycles. The molecule has 102 valence electrons. The minimum Gasteiger partial charge on any atom is -0.380 e. The predicted octanol–water partition coefficient (Wildman–Crippen LogP) is 3.86. The average molecular weight is 277 g/mol. The van der Waals surface area contributed by atoms with Crippen molar-refractivity contribution in [3.05, 3.63) is 71.8 Å². The highest BCUT2D eigenvalue weighted by Gasteiger charge is 2.08. The number of nitrogens with zero attached hydrogens (tertiary/aromatic N) is 2. The van der Waals surface area contributed by atoms with Gasteiger partial charge < -0.3 is 5.32 Å². The molecule has 2 aromatic carbocycles. The molecule has 3 nitrogen and oxygen atoms in total. The van der Waals surface area contributed by atoms with Gasteiger partial charge in [-0.05, 0) is 29.1 Å². The fraction of sp³-hybridized carbons (Fsp3) is 0.0588. The van der Waals surface area contributed by atoms with Crippen LogP contribution >= 0.6 is 0 Å². The highest BCUT2D eigenvalue weighted by atomic mass is 19.1. The highest BCUT2D eigenvalue weighted by molar-refractivity contribution is 5.85. The van der Waals surface area contributed by atoms with Crippen molar-refractivity contribution in [2.24, 2.45) is 0 Å². The molecule has 0 saturated carbocycles. The molecule has 0 aliphatic carbocycles. The molecule has 3 rings (SSSR count). The number of aromatic nitrogens is 1. The number of benzene rings is 2. The summed E-state index contributed by atoms with van der Waals surface area (Å²) >= 11 is 0. The van der Waals surface area contributed by atoms with E-state index in [2.05, 4.69) is 10.3 Å². The first-order valence-corrected chi connectivity index (χ1v) is 6.53. The Labute approximate surface area is 121 Å². The van der Waals surface area contributed by atoms with E-state index in [4.69, 9.17) is 5.26 Å². The Morgan fingerprint density at radius 3 is 2.86 bits per heavy atom.